The molecule has 3 rings (SSSR count). The Balaban J connectivity index is 1.75. The molecule has 0 bridgehead atoms. The molecular weight excluding hydrogens is 366 g/mol. The van der Waals surface area contributed by atoms with E-state index in [4.69, 9.17) is 13.9 Å². The summed E-state index contributed by atoms with van der Waals surface area (Å²) in [6.45, 7) is 3.07. The second kappa shape index (κ2) is 7.87. The van der Waals surface area contributed by atoms with Gasteiger partial charge in [-0.3, -0.25) is 10.1 Å². The van der Waals surface area contributed by atoms with Crippen LogP contribution >= 0.6 is 0 Å². The number of nitrogens with zero attached hydrogens (tertiary/aromatic N) is 3. The number of esters is 1. The zero-order chi connectivity index (χ0) is 20.3. The van der Waals surface area contributed by atoms with Crippen LogP contribution in [0.4, 0.5) is 5.69 Å². The van der Waals surface area contributed by atoms with E-state index in [2.05, 4.69) is 10.2 Å². The Morgan fingerprint density at radius 2 is 1.89 bits per heavy atom. The van der Waals surface area contributed by atoms with Gasteiger partial charge in [-0.05, 0) is 44.2 Å². The highest BCUT2D eigenvalue weighted by molar-refractivity contribution is 5.92. The van der Waals surface area contributed by atoms with Crippen LogP contribution in [0.25, 0.3) is 11.5 Å². The average molecular weight is 383 g/mol. The van der Waals surface area contributed by atoms with Gasteiger partial charge < -0.3 is 13.9 Å². The van der Waals surface area contributed by atoms with Gasteiger partial charge in [0, 0.05) is 17.2 Å². The maximum absolute atomic E-state index is 12.4. The van der Waals surface area contributed by atoms with Crippen LogP contribution in [0.1, 0.15) is 34.8 Å². The van der Waals surface area contributed by atoms with Crippen molar-refractivity contribution in [2.45, 2.75) is 20.0 Å². The fraction of sp³-hybridized carbons (Fsp3) is 0.211. The number of aromatic nitrogens is 2. The lowest BCUT2D eigenvalue weighted by Gasteiger charge is -2.11. The van der Waals surface area contributed by atoms with Gasteiger partial charge in [-0.2, -0.15) is 0 Å². The van der Waals surface area contributed by atoms with Crippen LogP contribution in [0.5, 0.6) is 5.75 Å². The standard InChI is InChI=1S/C19H17N3O6/c1-11-15(5-4-6-16(11)22(24)25)19(23)27-12(2)17-20-21-18(28-17)13-7-9-14(26-3)10-8-13/h4-10,12H,1-3H3. The van der Waals surface area contributed by atoms with Crippen molar-refractivity contribution in [2.75, 3.05) is 7.11 Å². The van der Waals surface area contributed by atoms with Crippen LogP contribution in [0.3, 0.4) is 0 Å². The summed E-state index contributed by atoms with van der Waals surface area (Å²) in [6.07, 6.45) is -0.828. The SMILES string of the molecule is COc1ccc(-c2nnc(C(C)OC(=O)c3cccc([N+](=O)[O-])c3C)o2)cc1. The lowest BCUT2D eigenvalue weighted by Crippen LogP contribution is -2.11. The first-order chi connectivity index (χ1) is 13.4. The number of hydrogen-bond acceptors (Lipinski definition) is 8. The second-order valence-corrected chi connectivity index (χ2v) is 5.93. The summed E-state index contributed by atoms with van der Waals surface area (Å²) < 4.78 is 16.0. The first-order valence-electron chi connectivity index (χ1n) is 8.33. The molecule has 0 aliphatic rings. The molecule has 0 saturated heterocycles. The third kappa shape index (κ3) is 3.83. The Labute approximate surface area is 160 Å². The van der Waals surface area contributed by atoms with Crippen LogP contribution in [-0.4, -0.2) is 28.2 Å². The Morgan fingerprint density at radius 3 is 2.54 bits per heavy atom. The zero-order valence-corrected chi connectivity index (χ0v) is 15.4. The van der Waals surface area contributed by atoms with Crippen LogP contribution < -0.4 is 4.74 Å². The summed E-state index contributed by atoms with van der Waals surface area (Å²) in [5.41, 5.74) is 0.874. The Kier molecular flexibility index (Phi) is 5.35. The summed E-state index contributed by atoms with van der Waals surface area (Å²) in [7, 11) is 1.57. The molecule has 0 N–H and O–H groups in total. The van der Waals surface area contributed by atoms with Crippen LogP contribution in [0.2, 0.25) is 0 Å². The van der Waals surface area contributed by atoms with Crippen LogP contribution in [0.15, 0.2) is 46.9 Å². The lowest BCUT2D eigenvalue weighted by molar-refractivity contribution is -0.385. The molecule has 3 aromatic rings. The molecule has 144 valence electrons. The largest absolute Gasteiger partial charge is 0.497 e. The van der Waals surface area contributed by atoms with Gasteiger partial charge in [0.2, 0.25) is 5.89 Å². The molecule has 0 spiro atoms. The smallest absolute Gasteiger partial charge is 0.339 e. The molecule has 1 atom stereocenters. The first kappa shape index (κ1) is 19.0. The van der Waals surface area contributed by atoms with E-state index in [1.54, 1.807) is 38.3 Å². The van der Waals surface area contributed by atoms with Gasteiger partial charge in [0.05, 0.1) is 17.6 Å². The Bertz CT molecular complexity index is 1010. The van der Waals surface area contributed by atoms with E-state index < -0.39 is 17.0 Å². The van der Waals surface area contributed by atoms with Crippen molar-refractivity contribution < 1.29 is 23.6 Å². The van der Waals surface area contributed by atoms with Gasteiger partial charge >= 0.3 is 5.97 Å². The summed E-state index contributed by atoms with van der Waals surface area (Å²) in [6, 6.07) is 11.3. The highest BCUT2D eigenvalue weighted by Crippen LogP contribution is 2.26. The van der Waals surface area contributed by atoms with Crippen LogP contribution in [0, 0.1) is 17.0 Å². The predicted molar refractivity (Wildman–Crippen MR) is 97.9 cm³/mol. The molecule has 0 amide bonds. The van der Waals surface area contributed by atoms with E-state index in [-0.39, 0.29) is 28.6 Å². The van der Waals surface area contributed by atoms with Gasteiger partial charge in [0.1, 0.15) is 5.75 Å². The molecule has 0 radical (unpaired) electrons. The normalized spacial score (nSPS) is 11.7. The monoisotopic (exact) mass is 383 g/mol. The fourth-order valence-electron chi connectivity index (χ4n) is 2.57. The number of nitro groups is 1. The maximum Gasteiger partial charge on any atom is 0.339 e. The number of carbonyl (C=O) groups is 1. The van der Waals surface area contributed by atoms with Crippen molar-refractivity contribution in [3.63, 3.8) is 0 Å². The highest BCUT2D eigenvalue weighted by Gasteiger charge is 2.23. The molecule has 0 saturated carbocycles. The molecule has 1 aromatic heterocycles. The summed E-state index contributed by atoms with van der Waals surface area (Å²) in [5, 5.41) is 18.9. The minimum Gasteiger partial charge on any atom is -0.497 e. The minimum atomic E-state index is -0.828. The highest BCUT2D eigenvalue weighted by atomic mass is 16.6. The number of hydrogen-bond donors (Lipinski definition) is 0. The molecule has 28 heavy (non-hydrogen) atoms. The molecule has 0 aliphatic heterocycles. The number of ether oxygens (including phenoxy) is 2. The van der Waals surface area contributed by atoms with E-state index >= 15 is 0 Å². The van der Waals surface area contributed by atoms with Gasteiger partial charge in [-0.25, -0.2) is 4.79 Å². The third-order valence-electron chi connectivity index (χ3n) is 4.13. The van der Waals surface area contributed by atoms with Gasteiger partial charge in [0.15, 0.2) is 6.10 Å². The van der Waals surface area contributed by atoms with Crippen molar-refractivity contribution in [2.24, 2.45) is 0 Å². The second-order valence-electron chi connectivity index (χ2n) is 5.93. The molecule has 1 unspecified atom stereocenters. The Morgan fingerprint density at radius 1 is 1.18 bits per heavy atom. The van der Waals surface area contributed by atoms with E-state index in [0.717, 1.165) is 0 Å². The maximum atomic E-state index is 12.4. The number of carbonyl (C=O) groups excluding carboxylic acids is 1. The number of methoxy groups -OCH3 is 1. The number of nitro benzene ring substituents is 1. The van der Waals surface area contributed by atoms with Crippen molar-refractivity contribution in [3.05, 3.63) is 69.6 Å². The quantitative estimate of drug-likeness (QED) is 0.357. The average Bonchev–Trinajstić information content (AvgIpc) is 3.18. The molecule has 0 aliphatic carbocycles. The van der Waals surface area contributed by atoms with E-state index in [9.17, 15) is 14.9 Å². The van der Waals surface area contributed by atoms with Crippen molar-refractivity contribution >= 4 is 11.7 Å². The van der Waals surface area contributed by atoms with Gasteiger partial charge in [-0.15, -0.1) is 10.2 Å². The third-order valence-corrected chi connectivity index (χ3v) is 4.13. The van der Waals surface area contributed by atoms with Gasteiger partial charge in [-0.1, -0.05) is 6.07 Å². The predicted octanol–water partition coefficient (Wildman–Crippen LogP) is 3.88. The number of benzene rings is 2. The molecule has 0 fully saturated rings. The minimum absolute atomic E-state index is 0.107. The van der Waals surface area contributed by atoms with Gasteiger partial charge in [0.25, 0.3) is 11.6 Å². The molecular formula is C19H17N3O6. The molecule has 2 aromatic carbocycles. The number of rotatable bonds is 6. The van der Waals surface area contributed by atoms with E-state index in [0.29, 0.717) is 11.3 Å². The zero-order valence-electron chi connectivity index (χ0n) is 15.4. The molecule has 9 heteroatoms. The van der Waals surface area contributed by atoms with E-state index in [1.165, 1.54) is 25.1 Å². The van der Waals surface area contributed by atoms with E-state index in [1.807, 2.05) is 0 Å². The summed E-state index contributed by atoms with van der Waals surface area (Å²) >= 11 is 0. The lowest BCUT2D eigenvalue weighted by atomic mass is 10.1. The first-order valence-corrected chi connectivity index (χ1v) is 8.33. The van der Waals surface area contributed by atoms with Crippen molar-refractivity contribution in [1.29, 1.82) is 0 Å². The van der Waals surface area contributed by atoms with Crippen molar-refractivity contribution in [1.82, 2.24) is 10.2 Å². The summed E-state index contributed by atoms with van der Waals surface area (Å²) in [4.78, 5) is 22.9. The Hall–Kier alpha value is -3.75. The summed E-state index contributed by atoms with van der Waals surface area (Å²) in [5.74, 6) is 0.366. The van der Waals surface area contributed by atoms with Crippen LogP contribution in [-0.2, 0) is 4.74 Å². The molecule has 9 nitrogen and oxygen atoms in total. The van der Waals surface area contributed by atoms with Crippen molar-refractivity contribution in [3.8, 4) is 17.2 Å². The fourth-order valence-corrected chi connectivity index (χ4v) is 2.57. The topological polar surface area (TPSA) is 118 Å². The molecule has 1 heterocycles.